The summed E-state index contributed by atoms with van der Waals surface area (Å²) >= 11 is 0. The first-order valence-corrected chi connectivity index (χ1v) is 8.49. The van der Waals surface area contributed by atoms with E-state index in [2.05, 4.69) is 10.6 Å². The molecule has 2 amide bonds. The third kappa shape index (κ3) is 5.97. The Bertz CT molecular complexity index is 589. The molecule has 1 atom stereocenters. The number of nitrogens with two attached hydrogens (primary N) is 1. The monoisotopic (exact) mass is 371 g/mol. The van der Waals surface area contributed by atoms with E-state index >= 15 is 0 Å². The van der Waals surface area contributed by atoms with Gasteiger partial charge in [-0.3, -0.25) is 9.59 Å². The predicted molar refractivity (Wildman–Crippen MR) is 98.1 cm³/mol. The predicted octanol–water partition coefficient (Wildman–Crippen LogP) is 2.39. The molecule has 0 aliphatic heterocycles. The third-order valence-corrected chi connectivity index (χ3v) is 4.47. The van der Waals surface area contributed by atoms with Crippen molar-refractivity contribution in [3.63, 3.8) is 0 Å². The van der Waals surface area contributed by atoms with Gasteiger partial charge in [-0.25, -0.2) is 4.39 Å². The molecule has 1 aromatic carbocycles. The van der Waals surface area contributed by atoms with E-state index in [0.717, 1.165) is 25.7 Å². The van der Waals surface area contributed by atoms with Crippen LogP contribution in [-0.4, -0.2) is 29.9 Å². The zero-order valence-corrected chi connectivity index (χ0v) is 15.4. The maximum absolute atomic E-state index is 13.7. The molecule has 4 N–H and O–H groups in total. The lowest BCUT2D eigenvalue weighted by Gasteiger charge is -2.29. The minimum absolute atomic E-state index is 0. The number of halogens is 2. The Kier molecular flexibility index (Phi) is 8.32. The quantitative estimate of drug-likeness (QED) is 0.743. The van der Waals surface area contributed by atoms with Crippen molar-refractivity contribution in [2.24, 2.45) is 11.7 Å². The Morgan fingerprint density at radius 3 is 2.32 bits per heavy atom. The van der Waals surface area contributed by atoms with E-state index in [1.807, 2.05) is 13.8 Å². The first-order valence-electron chi connectivity index (χ1n) is 8.49. The summed E-state index contributed by atoms with van der Waals surface area (Å²) in [5.74, 6) is -1.51. The van der Waals surface area contributed by atoms with Crippen LogP contribution >= 0.6 is 12.4 Å². The molecule has 1 aliphatic rings. The van der Waals surface area contributed by atoms with Gasteiger partial charge in [0.2, 0.25) is 5.91 Å². The second kappa shape index (κ2) is 9.73. The smallest absolute Gasteiger partial charge is 0.254 e. The van der Waals surface area contributed by atoms with Crippen molar-refractivity contribution in [2.75, 3.05) is 0 Å². The molecule has 0 saturated heterocycles. The molecule has 2 rings (SSSR count). The largest absolute Gasteiger partial charge is 0.352 e. The van der Waals surface area contributed by atoms with Crippen molar-refractivity contribution in [1.29, 1.82) is 0 Å². The minimum Gasteiger partial charge on any atom is -0.352 e. The topological polar surface area (TPSA) is 84.2 Å². The zero-order chi connectivity index (χ0) is 17.7. The highest BCUT2D eigenvalue weighted by Gasteiger charge is 2.28. The first kappa shape index (κ1) is 21.4. The van der Waals surface area contributed by atoms with Crippen LogP contribution in [-0.2, 0) is 4.79 Å². The van der Waals surface area contributed by atoms with E-state index < -0.39 is 17.8 Å². The fourth-order valence-electron chi connectivity index (χ4n) is 2.95. The molecule has 1 unspecified atom stereocenters. The fourth-order valence-corrected chi connectivity index (χ4v) is 2.95. The van der Waals surface area contributed by atoms with Crippen LogP contribution in [0.25, 0.3) is 0 Å². The van der Waals surface area contributed by atoms with Crippen LogP contribution in [0.3, 0.4) is 0 Å². The van der Waals surface area contributed by atoms with Crippen molar-refractivity contribution in [2.45, 2.75) is 57.7 Å². The first-order chi connectivity index (χ1) is 11.4. The molecular formula is C18H27ClFN3O2. The van der Waals surface area contributed by atoms with Gasteiger partial charge >= 0.3 is 0 Å². The second-order valence-electron chi connectivity index (χ2n) is 6.80. The van der Waals surface area contributed by atoms with Crippen molar-refractivity contribution in [3.05, 3.63) is 35.6 Å². The van der Waals surface area contributed by atoms with Crippen molar-refractivity contribution in [1.82, 2.24) is 10.6 Å². The van der Waals surface area contributed by atoms with Crippen molar-refractivity contribution >= 4 is 24.2 Å². The van der Waals surface area contributed by atoms with Crippen LogP contribution in [0.2, 0.25) is 0 Å². The number of benzene rings is 1. The standard InChI is InChI=1S/C18H26FN3O2.ClH/c1-11(2)16(18(24)21-13-9-7-12(20)8-10-13)22-17(23)14-5-3-4-6-15(14)19;/h3-6,11-13,16H,7-10,20H2,1-2H3,(H,21,24)(H,22,23);1H. The van der Waals surface area contributed by atoms with Crippen LogP contribution in [0, 0.1) is 11.7 Å². The molecule has 25 heavy (non-hydrogen) atoms. The third-order valence-electron chi connectivity index (χ3n) is 4.47. The van der Waals surface area contributed by atoms with Gasteiger partial charge < -0.3 is 16.4 Å². The Morgan fingerprint density at radius 2 is 1.76 bits per heavy atom. The van der Waals surface area contributed by atoms with E-state index in [1.54, 1.807) is 6.07 Å². The van der Waals surface area contributed by atoms with E-state index in [1.165, 1.54) is 18.2 Å². The fraction of sp³-hybridized carbons (Fsp3) is 0.556. The van der Waals surface area contributed by atoms with E-state index in [4.69, 9.17) is 5.73 Å². The number of carbonyl (C=O) groups excluding carboxylic acids is 2. The average molecular weight is 372 g/mol. The van der Waals surface area contributed by atoms with Gasteiger partial charge in [0.05, 0.1) is 5.56 Å². The molecule has 0 spiro atoms. The van der Waals surface area contributed by atoms with Gasteiger partial charge in [0.1, 0.15) is 11.9 Å². The highest BCUT2D eigenvalue weighted by atomic mass is 35.5. The molecule has 5 nitrogen and oxygen atoms in total. The summed E-state index contributed by atoms with van der Waals surface area (Å²) in [4.78, 5) is 24.8. The molecule has 1 aromatic rings. The molecule has 0 heterocycles. The lowest BCUT2D eigenvalue weighted by molar-refractivity contribution is -0.124. The molecular weight excluding hydrogens is 345 g/mol. The Labute approximate surface area is 154 Å². The lowest BCUT2D eigenvalue weighted by Crippen LogP contribution is -2.53. The van der Waals surface area contributed by atoms with Gasteiger partial charge in [-0.1, -0.05) is 26.0 Å². The maximum Gasteiger partial charge on any atom is 0.254 e. The number of hydrogen-bond donors (Lipinski definition) is 3. The van der Waals surface area contributed by atoms with Crippen LogP contribution < -0.4 is 16.4 Å². The van der Waals surface area contributed by atoms with Crippen LogP contribution in [0.5, 0.6) is 0 Å². The zero-order valence-electron chi connectivity index (χ0n) is 14.6. The van der Waals surface area contributed by atoms with Crippen molar-refractivity contribution in [3.8, 4) is 0 Å². The summed E-state index contributed by atoms with van der Waals surface area (Å²) in [6, 6.07) is 5.34. The highest BCUT2D eigenvalue weighted by molar-refractivity contribution is 5.97. The second-order valence-corrected chi connectivity index (χ2v) is 6.80. The van der Waals surface area contributed by atoms with E-state index in [0.29, 0.717) is 0 Å². The SMILES string of the molecule is CC(C)C(NC(=O)c1ccccc1F)C(=O)NC1CCC(N)CC1.Cl. The summed E-state index contributed by atoms with van der Waals surface area (Å²) in [6.45, 7) is 3.70. The molecule has 1 aliphatic carbocycles. The van der Waals surface area contributed by atoms with Gasteiger partial charge in [-0.15, -0.1) is 12.4 Å². The summed E-state index contributed by atoms with van der Waals surface area (Å²) in [6.07, 6.45) is 3.47. The molecule has 1 fully saturated rings. The highest BCUT2D eigenvalue weighted by Crippen LogP contribution is 2.17. The molecule has 0 aromatic heterocycles. The van der Waals surface area contributed by atoms with E-state index in [-0.39, 0.29) is 41.9 Å². The Morgan fingerprint density at radius 1 is 1.16 bits per heavy atom. The number of hydrogen-bond acceptors (Lipinski definition) is 3. The normalized spacial score (nSPS) is 21.2. The van der Waals surface area contributed by atoms with Gasteiger partial charge in [0.25, 0.3) is 5.91 Å². The molecule has 140 valence electrons. The molecule has 7 heteroatoms. The number of carbonyl (C=O) groups is 2. The van der Waals surface area contributed by atoms with E-state index in [9.17, 15) is 14.0 Å². The average Bonchev–Trinajstić information content (AvgIpc) is 2.54. The summed E-state index contributed by atoms with van der Waals surface area (Å²) in [5.41, 5.74) is 5.82. The summed E-state index contributed by atoms with van der Waals surface area (Å²) in [5, 5.41) is 5.65. The maximum atomic E-state index is 13.7. The van der Waals surface area contributed by atoms with Gasteiger partial charge in [-0.05, 0) is 43.7 Å². The molecule has 0 radical (unpaired) electrons. The van der Waals surface area contributed by atoms with Gasteiger partial charge in [0.15, 0.2) is 0 Å². The number of rotatable bonds is 5. The summed E-state index contributed by atoms with van der Waals surface area (Å²) < 4.78 is 13.7. The van der Waals surface area contributed by atoms with Crippen LogP contribution in [0.4, 0.5) is 4.39 Å². The number of nitrogens with one attached hydrogen (secondary N) is 2. The lowest BCUT2D eigenvalue weighted by atomic mass is 9.91. The Hall–Kier alpha value is -1.66. The minimum atomic E-state index is -0.701. The molecule has 1 saturated carbocycles. The van der Waals surface area contributed by atoms with Gasteiger partial charge in [0, 0.05) is 12.1 Å². The van der Waals surface area contributed by atoms with Gasteiger partial charge in [-0.2, -0.15) is 0 Å². The summed E-state index contributed by atoms with van der Waals surface area (Å²) in [7, 11) is 0. The van der Waals surface area contributed by atoms with Crippen LogP contribution in [0.15, 0.2) is 24.3 Å². The molecule has 0 bridgehead atoms. The van der Waals surface area contributed by atoms with Crippen LogP contribution in [0.1, 0.15) is 49.9 Å². The van der Waals surface area contributed by atoms with Crippen molar-refractivity contribution < 1.29 is 14.0 Å². The Balaban J connectivity index is 0.00000312. The number of amides is 2.